The maximum Gasteiger partial charge on any atom is 0.242 e. The Kier molecular flexibility index (Phi) is 6.28. The Morgan fingerprint density at radius 2 is 2.00 bits per heavy atom. The number of rotatable bonds is 6. The fraction of sp³-hybridized carbons (Fsp3) is 0.529. The molecule has 1 fully saturated rings. The second kappa shape index (κ2) is 8.42. The number of amides is 2. The maximum absolute atomic E-state index is 12.1. The molecule has 2 N–H and O–H groups in total. The van der Waals surface area contributed by atoms with Crippen LogP contribution in [0.1, 0.15) is 19.8 Å². The summed E-state index contributed by atoms with van der Waals surface area (Å²) in [5.41, 5.74) is 0.925. The van der Waals surface area contributed by atoms with Gasteiger partial charge < -0.3 is 25.0 Å². The first-order valence-electron chi connectivity index (χ1n) is 8.04. The van der Waals surface area contributed by atoms with Crippen LogP contribution in [-0.4, -0.2) is 56.6 Å². The number of benzene rings is 1. The van der Waals surface area contributed by atoms with Crippen LogP contribution < -0.4 is 20.1 Å². The van der Waals surface area contributed by atoms with E-state index in [2.05, 4.69) is 10.6 Å². The minimum atomic E-state index is -0.194. The summed E-state index contributed by atoms with van der Waals surface area (Å²) in [4.78, 5) is 24.9. The molecule has 2 rings (SSSR count). The van der Waals surface area contributed by atoms with Gasteiger partial charge in [0.2, 0.25) is 11.8 Å². The predicted octanol–water partition coefficient (Wildman–Crippen LogP) is 1.24. The van der Waals surface area contributed by atoms with E-state index in [1.807, 2.05) is 18.2 Å². The summed E-state index contributed by atoms with van der Waals surface area (Å²) in [6.45, 7) is 2.80. The molecule has 1 aliphatic heterocycles. The molecule has 0 bridgehead atoms. The molecule has 132 valence electrons. The van der Waals surface area contributed by atoms with Crippen LogP contribution in [0.15, 0.2) is 18.2 Å². The first-order chi connectivity index (χ1) is 11.5. The zero-order valence-electron chi connectivity index (χ0n) is 14.4. The van der Waals surface area contributed by atoms with Crippen LogP contribution in [0.25, 0.3) is 0 Å². The van der Waals surface area contributed by atoms with Crippen LogP contribution in [0, 0.1) is 0 Å². The number of likely N-dealkylation sites (tertiary alicyclic amines) is 1. The third-order valence-electron chi connectivity index (χ3n) is 4.02. The Labute approximate surface area is 142 Å². The standard InChI is InChI=1S/C17H25N3O4/c1-12(21)18-10-17(22)20-8-4-5-14(11-20)19-13-6-7-15(23-2)16(9-13)24-3/h6-7,9,14,19H,4-5,8,10-11H2,1-3H3,(H,18,21). The summed E-state index contributed by atoms with van der Waals surface area (Å²) in [6.07, 6.45) is 1.91. The molecular weight excluding hydrogens is 310 g/mol. The zero-order chi connectivity index (χ0) is 17.5. The van der Waals surface area contributed by atoms with Gasteiger partial charge in [0.15, 0.2) is 11.5 Å². The lowest BCUT2D eigenvalue weighted by molar-refractivity contribution is -0.133. The Hall–Kier alpha value is -2.44. The number of hydrogen-bond acceptors (Lipinski definition) is 5. The average Bonchev–Trinajstić information content (AvgIpc) is 2.59. The lowest BCUT2D eigenvalue weighted by Gasteiger charge is -2.33. The third-order valence-corrected chi connectivity index (χ3v) is 4.02. The summed E-state index contributed by atoms with van der Waals surface area (Å²) in [5, 5.41) is 5.99. The molecule has 7 heteroatoms. The van der Waals surface area contributed by atoms with Gasteiger partial charge in [0.1, 0.15) is 0 Å². The van der Waals surface area contributed by atoms with Crippen LogP contribution in [0.3, 0.4) is 0 Å². The quantitative estimate of drug-likeness (QED) is 0.818. The highest BCUT2D eigenvalue weighted by atomic mass is 16.5. The van der Waals surface area contributed by atoms with Gasteiger partial charge in [-0.3, -0.25) is 9.59 Å². The highest BCUT2D eigenvalue weighted by molar-refractivity contribution is 5.83. The SMILES string of the molecule is COc1ccc(NC2CCCN(C(=O)CNC(C)=O)C2)cc1OC. The Balaban J connectivity index is 1.95. The van der Waals surface area contributed by atoms with Crippen molar-refractivity contribution in [3.63, 3.8) is 0 Å². The number of carbonyl (C=O) groups excluding carboxylic acids is 2. The lowest BCUT2D eigenvalue weighted by atomic mass is 10.0. The van der Waals surface area contributed by atoms with Gasteiger partial charge in [-0.05, 0) is 25.0 Å². The smallest absolute Gasteiger partial charge is 0.242 e. The first-order valence-corrected chi connectivity index (χ1v) is 8.04. The highest BCUT2D eigenvalue weighted by Crippen LogP contribution is 2.30. The van der Waals surface area contributed by atoms with Crippen LogP contribution in [0.4, 0.5) is 5.69 Å². The van der Waals surface area contributed by atoms with E-state index in [4.69, 9.17) is 9.47 Å². The largest absolute Gasteiger partial charge is 0.493 e. The van der Waals surface area contributed by atoms with Gasteiger partial charge in [-0.1, -0.05) is 0 Å². The second-order valence-corrected chi connectivity index (χ2v) is 5.80. The topological polar surface area (TPSA) is 79.9 Å². The molecule has 1 aliphatic rings. The van der Waals surface area contributed by atoms with Gasteiger partial charge in [-0.25, -0.2) is 0 Å². The molecule has 0 aromatic heterocycles. The van der Waals surface area contributed by atoms with Crippen molar-refractivity contribution >= 4 is 17.5 Å². The monoisotopic (exact) mass is 335 g/mol. The van der Waals surface area contributed by atoms with E-state index in [9.17, 15) is 9.59 Å². The van der Waals surface area contributed by atoms with Crippen LogP contribution >= 0.6 is 0 Å². The lowest BCUT2D eigenvalue weighted by Crippen LogP contribution is -2.48. The minimum absolute atomic E-state index is 0.0518. The molecule has 1 unspecified atom stereocenters. The molecule has 1 aromatic carbocycles. The van der Waals surface area contributed by atoms with Crippen molar-refractivity contribution in [1.82, 2.24) is 10.2 Å². The summed E-state index contributed by atoms with van der Waals surface area (Å²) in [6, 6.07) is 5.83. The molecule has 1 heterocycles. The number of nitrogens with zero attached hydrogens (tertiary/aromatic N) is 1. The van der Waals surface area contributed by atoms with Crippen LogP contribution in [0.2, 0.25) is 0 Å². The molecule has 0 radical (unpaired) electrons. The summed E-state index contributed by atoms with van der Waals surface area (Å²) < 4.78 is 10.5. The van der Waals surface area contributed by atoms with Crippen molar-refractivity contribution in [1.29, 1.82) is 0 Å². The Morgan fingerprint density at radius 3 is 2.67 bits per heavy atom. The first kappa shape index (κ1) is 17.9. The van der Waals surface area contributed by atoms with E-state index in [1.54, 1.807) is 19.1 Å². The number of nitrogens with one attached hydrogen (secondary N) is 2. The highest BCUT2D eigenvalue weighted by Gasteiger charge is 2.23. The number of methoxy groups -OCH3 is 2. The van der Waals surface area contributed by atoms with Crippen molar-refractivity contribution in [3.8, 4) is 11.5 Å². The number of carbonyl (C=O) groups is 2. The molecule has 1 saturated heterocycles. The fourth-order valence-corrected chi connectivity index (χ4v) is 2.80. The van der Waals surface area contributed by atoms with Crippen molar-refractivity contribution in [2.24, 2.45) is 0 Å². The van der Waals surface area contributed by atoms with Crippen molar-refractivity contribution in [2.75, 3.05) is 39.2 Å². The maximum atomic E-state index is 12.1. The van der Waals surface area contributed by atoms with Gasteiger partial charge in [-0.15, -0.1) is 0 Å². The number of anilines is 1. The Morgan fingerprint density at radius 1 is 1.25 bits per heavy atom. The van der Waals surface area contributed by atoms with Gasteiger partial charge >= 0.3 is 0 Å². The molecule has 1 atom stereocenters. The van der Waals surface area contributed by atoms with Crippen molar-refractivity contribution in [3.05, 3.63) is 18.2 Å². The van der Waals surface area contributed by atoms with E-state index >= 15 is 0 Å². The molecule has 0 saturated carbocycles. The van der Waals surface area contributed by atoms with Crippen LogP contribution in [-0.2, 0) is 9.59 Å². The number of piperidine rings is 1. The third kappa shape index (κ3) is 4.78. The van der Waals surface area contributed by atoms with Gasteiger partial charge in [-0.2, -0.15) is 0 Å². The summed E-state index contributed by atoms with van der Waals surface area (Å²) in [5.74, 6) is 1.10. The van der Waals surface area contributed by atoms with E-state index in [0.29, 0.717) is 18.0 Å². The minimum Gasteiger partial charge on any atom is -0.493 e. The summed E-state index contributed by atoms with van der Waals surface area (Å²) in [7, 11) is 3.20. The molecular formula is C17H25N3O4. The number of hydrogen-bond donors (Lipinski definition) is 2. The van der Waals surface area contributed by atoms with E-state index in [0.717, 1.165) is 25.1 Å². The zero-order valence-corrected chi connectivity index (χ0v) is 14.4. The van der Waals surface area contributed by atoms with E-state index in [-0.39, 0.29) is 24.4 Å². The fourth-order valence-electron chi connectivity index (χ4n) is 2.80. The van der Waals surface area contributed by atoms with Gasteiger partial charge in [0.05, 0.1) is 20.8 Å². The predicted molar refractivity (Wildman–Crippen MR) is 91.5 cm³/mol. The molecule has 7 nitrogen and oxygen atoms in total. The summed E-state index contributed by atoms with van der Waals surface area (Å²) >= 11 is 0. The molecule has 2 amide bonds. The van der Waals surface area contributed by atoms with Gasteiger partial charge in [0.25, 0.3) is 0 Å². The molecule has 0 aliphatic carbocycles. The number of ether oxygens (including phenoxy) is 2. The average molecular weight is 335 g/mol. The van der Waals surface area contributed by atoms with Crippen molar-refractivity contribution in [2.45, 2.75) is 25.8 Å². The van der Waals surface area contributed by atoms with E-state index in [1.165, 1.54) is 6.92 Å². The Bertz CT molecular complexity index is 591. The molecule has 0 spiro atoms. The van der Waals surface area contributed by atoms with Crippen molar-refractivity contribution < 1.29 is 19.1 Å². The van der Waals surface area contributed by atoms with E-state index < -0.39 is 0 Å². The normalized spacial score (nSPS) is 17.1. The van der Waals surface area contributed by atoms with Gasteiger partial charge in [0, 0.05) is 37.8 Å². The van der Waals surface area contributed by atoms with Crippen LogP contribution in [0.5, 0.6) is 11.5 Å². The molecule has 24 heavy (non-hydrogen) atoms. The molecule has 1 aromatic rings. The second-order valence-electron chi connectivity index (χ2n) is 5.80.